The molecule has 0 aromatic heterocycles. The van der Waals surface area contributed by atoms with E-state index in [1.54, 1.807) is 12.1 Å². The Labute approximate surface area is 113 Å². The van der Waals surface area contributed by atoms with E-state index >= 15 is 0 Å². The minimum atomic E-state index is -0.169. The molecule has 19 heavy (non-hydrogen) atoms. The number of fused-ring (bicyclic) bond motifs is 1. The molecule has 1 aromatic rings. The van der Waals surface area contributed by atoms with Crippen molar-refractivity contribution in [2.45, 2.75) is 31.4 Å². The van der Waals surface area contributed by atoms with Crippen molar-refractivity contribution in [2.24, 2.45) is 0 Å². The van der Waals surface area contributed by atoms with Crippen LogP contribution in [0.1, 0.15) is 18.4 Å². The predicted molar refractivity (Wildman–Crippen MR) is 73.0 cm³/mol. The topological polar surface area (TPSA) is 24.5 Å². The summed E-state index contributed by atoms with van der Waals surface area (Å²) in [7, 11) is 2.03. The second-order valence-corrected chi connectivity index (χ2v) is 5.56. The second-order valence-electron chi connectivity index (χ2n) is 5.56. The van der Waals surface area contributed by atoms with E-state index in [-0.39, 0.29) is 11.9 Å². The zero-order valence-electron chi connectivity index (χ0n) is 11.4. The van der Waals surface area contributed by atoms with Crippen molar-refractivity contribution >= 4 is 0 Å². The predicted octanol–water partition coefficient (Wildman–Crippen LogP) is 1.81. The van der Waals surface area contributed by atoms with E-state index in [1.807, 2.05) is 7.05 Å². The quantitative estimate of drug-likeness (QED) is 0.901. The van der Waals surface area contributed by atoms with Crippen molar-refractivity contribution in [1.29, 1.82) is 0 Å². The van der Waals surface area contributed by atoms with Crippen molar-refractivity contribution < 1.29 is 9.13 Å². The van der Waals surface area contributed by atoms with E-state index in [9.17, 15) is 4.39 Å². The normalized spacial score (nSPS) is 24.2. The SMILES string of the molecule is CNC1CCN(CC2Cc3cc(F)ccc3O2)CC1. The fourth-order valence-corrected chi connectivity index (χ4v) is 3.08. The molecule has 2 heterocycles. The fourth-order valence-electron chi connectivity index (χ4n) is 3.08. The average Bonchev–Trinajstić information content (AvgIpc) is 2.81. The van der Waals surface area contributed by atoms with Gasteiger partial charge in [-0.15, -0.1) is 0 Å². The van der Waals surface area contributed by atoms with Crippen LogP contribution in [0.4, 0.5) is 4.39 Å². The lowest BCUT2D eigenvalue weighted by atomic mass is 10.0. The Kier molecular flexibility index (Phi) is 3.71. The highest BCUT2D eigenvalue weighted by Gasteiger charge is 2.27. The Balaban J connectivity index is 1.53. The van der Waals surface area contributed by atoms with E-state index in [0.717, 1.165) is 37.4 Å². The monoisotopic (exact) mass is 264 g/mol. The molecular weight excluding hydrogens is 243 g/mol. The molecule has 1 atom stereocenters. The van der Waals surface area contributed by atoms with Crippen LogP contribution in [-0.2, 0) is 6.42 Å². The standard InChI is InChI=1S/C15H21FN2O/c1-17-13-4-6-18(7-5-13)10-14-9-11-8-12(16)2-3-15(11)19-14/h2-3,8,13-14,17H,4-7,9-10H2,1H3. The van der Waals surface area contributed by atoms with Crippen LogP contribution in [0, 0.1) is 5.82 Å². The molecule has 1 aromatic carbocycles. The maximum absolute atomic E-state index is 13.2. The zero-order chi connectivity index (χ0) is 13.2. The van der Waals surface area contributed by atoms with Crippen LogP contribution >= 0.6 is 0 Å². The van der Waals surface area contributed by atoms with Gasteiger partial charge in [-0.2, -0.15) is 0 Å². The van der Waals surface area contributed by atoms with Crippen LogP contribution in [0.5, 0.6) is 5.75 Å². The number of benzene rings is 1. The zero-order valence-corrected chi connectivity index (χ0v) is 11.4. The molecule has 1 N–H and O–H groups in total. The van der Waals surface area contributed by atoms with Gasteiger partial charge in [-0.1, -0.05) is 0 Å². The summed E-state index contributed by atoms with van der Waals surface area (Å²) < 4.78 is 19.1. The third kappa shape index (κ3) is 2.90. The van der Waals surface area contributed by atoms with Crippen LogP contribution < -0.4 is 10.1 Å². The number of nitrogens with zero attached hydrogens (tertiary/aromatic N) is 1. The van der Waals surface area contributed by atoms with Crippen molar-refractivity contribution in [1.82, 2.24) is 10.2 Å². The first-order chi connectivity index (χ1) is 9.24. The van der Waals surface area contributed by atoms with E-state index in [4.69, 9.17) is 4.74 Å². The van der Waals surface area contributed by atoms with Gasteiger partial charge in [-0.05, 0) is 51.2 Å². The van der Waals surface area contributed by atoms with Crippen molar-refractivity contribution in [2.75, 3.05) is 26.7 Å². The summed E-state index contributed by atoms with van der Waals surface area (Å²) in [5, 5.41) is 3.34. The summed E-state index contributed by atoms with van der Waals surface area (Å²) in [6.07, 6.45) is 3.41. The number of halogens is 1. The van der Waals surface area contributed by atoms with E-state index in [2.05, 4.69) is 10.2 Å². The molecule has 0 amide bonds. The summed E-state index contributed by atoms with van der Waals surface area (Å²) in [4.78, 5) is 2.46. The van der Waals surface area contributed by atoms with Gasteiger partial charge in [0.05, 0.1) is 0 Å². The molecule has 0 bridgehead atoms. The average molecular weight is 264 g/mol. The first-order valence-electron chi connectivity index (χ1n) is 7.09. The van der Waals surface area contributed by atoms with Crippen LogP contribution in [0.2, 0.25) is 0 Å². The Morgan fingerprint density at radius 3 is 2.89 bits per heavy atom. The molecule has 0 radical (unpaired) electrons. The van der Waals surface area contributed by atoms with Crippen molar-refractivity contribution in [3.05, 3.63) is 29.6 Å². The highest BCUT2D eigenvalue weighted by molar-refractivity contribution is 5.37. The van der Waals surface area contributed by atoms with Crippen LogP contribution in [0.15, 0.2) is 18.2 Å². The minimum Gasteiger partial charge on any atom is -0.488 e. The molecule has 1 fully saturated rings. The van der Waals surface area contributed by atoms with Crippen molar-refractivity contribution in [3.63, 3.8) is 0 Å². The smallest absolute Gasteiger partial charge is 0.123 e. The lowest BCUT2D eigenvalue weighted by Crippen LogP contribution is -2.44. The summed E-state index contributed by atoms with van der Waals surface area (Å²) in [6, 6.07) is 5.48. The van der Waals surface area contributed by atoms with E-state index < -0.39 is 0 Å². The highest BCUT2D eigenvalue weighted by Crippen LogP contribution is 2.29. The molecule has 3 rings (SSSR count). The van der Waals surface area contributed by atoms with Gasteiger partial charge < -0.3 is 10.1 Å². The molecule has 104 valence electrons. The van der Waals surface area contributed by atoms with Gasteiger partial charge in [0.25, 0.3) is 0 Å². The third-order valence-electron chi connectivity index (χ3n) is 4.22. The Hall–Kier alpha value is -1.13. The Bertz CT molecular complexity index is 444. The summed E-state index contributed by atoms with van der Waals surface area (Å²) in [5.74, 6) is 0.689. The van der Waals surface area contributed by atoms with Crippen molar-refractivity contribution in [3.8, 4) is 5.75 Å². The van der Waals surface area contributed by atoms with Crippen LogP contribution in [0.3, 0.4) is 0 Å². The molecule has 2 aliphatic heterocycles. The third-order valence-corrected chi connectivity index (χ3v) is 4.22. The van der Waals surface area contributed by atoms with Gasteiger partial charge in [0.15, 0.2) is 0 Å². The first-order valence-corrected chi connectivity index (χ1v) is 7.09. The molecule has 0 aliphatic carbocycles. The first kappa shape index (κ1) is 12.9. The summed E-state index contributed by atoms with van der Waals surface area (Å²) in [6.45, 7) is 3.19. The van der Waals surface area contributed by atoms with Gasteiger partial charge in [0.2, 0.25) is 0 Å². The number of likely N-dealkylation sites (tertiary alicyclic amines) is 1. The van der Waals surface area contributed by atoms with Gasteiger partial charge in [0, 0.05) is 24.6 Å². The lowest BCUT2D eigenvalue weighted by molar-refractivity contribution is 0.125. The maximum Gasteiger partial charge on any atom is 0.123 e. The van der Waals surface area contributed by atoms with Crippen LogP contribution in [0.25, 0.3) is 0 Å². The van der Waals surface area contributed by atoms with E-state index in [1.165, 1.54) is 18.9 Å². The summed E-state index contributed by atoms with van der Waals surface area (Å²) in [5.41, 5.74) is 1.01. The second kappa shape index (κ2) is 5.47. The Morgan fingerprint density at radius 1 is 1.37 bits per heavy atom. The number of nitrogens with one attached hydrogen (secondary N) is 1. The van der Waals surface area contributed by atoms with E-state index in [0.29, 0.717) is 6.04 Å². The molecule has 3 nitrogen and oxygen atoms in total. The van der Waals surface area contributed by atoms with Gasteiger partial charge in [0.1, 0.15) is 17.7 Å². The summed E-state index contributed by atoms with van der Waals surface area (Å²) >= 11 is 0. The highest BCUT2D eigenvalue weighted by atomic mass is 19.1. The molecule has 0 saturated carbocycles. The molecule has 1 unspecified atom stereocenters. The lowest BCUT2D eigenvalue weighted by Gasteiger charge is -2.33. The largest absolute Gasteiger partial charge is 0.488 e. The van der Waals surface area contributed by atoms with Gasteiger partial charge in [-0.3, -0.25) is 4.90 Å². The molecule has 1 saturated heterocycles. The molecule has 4 heteroatoms. The van der Waals surface area contributed by atoms with Gasteiger partial charge >= 0.3 is 0 Å². The fraction of sp³-hybridized carbons (Fsp3) is 0.600. The molecule has 2 aliphatic rings. The minimum absolute atomic E-state index is 0.169. The number of hydrogen-bond donors (Lipinski definition) is 1. The Morgan fingerprint density at radius 2 is 2.16 bits per heavy atom. The van der Waals surface area contributed by atoms with Gasteiger partial charge in [-0.25, -0.2) is 4.39 Å². The number of hydrogen-bond acceptors (Lipinski definition) is 3. The molecular formula is C15H21FN2O. The molecule has 0 spiro atoms. The number of rotatable bonds is 3. The maximum atomic E-state index is 13.2. The number of ether oxygens (including phenoxy) is 1. The number of piperidine rings is 1. The van der Waals surface area contributed by atoms with Crippen LogP contribution in [-0.4, -0.2) is 43.7 Å².